The molecule has 0 amide bonds. The molecule has 0 fully saturated rings. The van der Waals surface area contributed by atoms with Crippen LogP contribution in [0.2, 0.25) is 0 Å². The molecule has 0 aromatic heterocycles. The Labute approximate surface area is 89.5 Å². The second kappa shape index (κ2) is 4.39. The fraction of sp³-hybridized carbons (Fsp3) is 0.167. The van der Waals surface area contributed by atoms with Crippen molar-refractivity contribution < 1.29 is 0 Å². The second-order valence-electron chi connectivity index (χ2n) is 3.42. The van der Waals surface area contributed by atoms with Crippen molar-refractivity contribution in [2.45, 2.75) is 12.3 Å². The first-order valence-electron chi connectivity index (χ1n) is 4.75. The second-order valence-corrected chi connectivity index (χ2v) is 4.24. The zero-order chi connectivity index (χ0) is 9.97. The van der Waals surface area contributed by atoms with Crippen molar-refractivity contribution in [3.05, 3.63) is 47.5 Å². The Kier molecular flexibility index (Phi) is 3.16. The predicted octanol–water partition coefficient (Wildman–Crippen LogP) is 3.59. The van der Waals surface area contributed by atoms with Gasteiger partial charge < -0.3 is 0 Å². The van der Waals surface area contributed by atoms with Crippen molar-refractivity contribution in [3.63, 3.8) is 0 Å². The smallest absolute Gasteiger partial charge is 0.0128 e. The van der Waals surface area contributed by atoms with E-state index >= 15 is 0 Å². The van der Waals surface area contributed by atoms with Gasteiger partial charge in [-0.3, -0.25) is 0 Å². The average molecular weight is 220 g/mol. The van der Waals surface area contributed by atoms with Gasteiger partial charge in [-0.25, -0.2) is 0 Å². The topological polar surface area (TPSA) is 0 Å². The number of hydrogen-bond acceptors (Lipinski definition) is 0. The lowest BCUT2D eigenvalue weighted by Crippen LogP contribution is -1.81. The number of benzene rings is 2. The van der Waals surface area contributed by atoms with E-state index in [1.54, 1.807) is 0 Å². The zero-order valence-corrected chi connectivity index (χ0v) is 10.3. The van der Waals surface area contributed by atoms with Crippen LogP contribution in [0.3, 0.4) is 0 Å². The number of hydrogen-bond donors (Lipinski definition) is 0. The third-order valence-electron chi connectivity index (χ3n) is 2.44. The molecule has 2 atom stereocenters. The van der Waals surface area contributed by atoms with Crippen LogP contribution in [0.15, 0.2) is 36.4 Å². The first kappa shape index (κ1) is 10.1. The van der Waals surface area contributed by atoms with Gasteiger partial charge in [0.15, 0.2) is 0 Å². The summed E-state index contributed by atoms with van der Waals surface area (Å²) in [5.74, 6) is 0. The van der Waals surface area contributed by atoms with Gasteiger partial charge in [-0.1, -0.05) is 36.4 Å². The lowest BCUT2D eigenvalue weighted by atomic mass is 10.1. The van der Waals surface area contributed by atoms with Crippen molar-refractivity contribution in [2.75, 3.05) is 0 Å². The quantitative estimate of drug-likeness (QED) is 0.678. The van der Waals surface area contributed by atoms with E-state index in [2.05, 4.69) is 54.9 Å². The van der Waals surface area contributed by atoms with Crippen LogP contribution < -0.4 is 0 Å². The predicted molar refractivity (Wildman–Crippen MR) is 70.8 cm³/mol. The fourth-order valence-electron chi connectivity index (χ4n) is 1.60. The summed E-state index contributed by atoms with van der Waals surface area (Å²) < 4.78 is 0. The Bertz CT molecular complexity index is 406. The van der Waals surface area contributed by atoms with Gasteiger partial charge in [-0.2, -0.15) is 0 Å². The molecule has 0 saturated heterocycles. The highest BCUT2D eigenvalue weighted by Gasteiger charge is 1.96. The molecule has 2 heteroatoms. The van der Waals surface area contributed by atoms with Crippen LogP contribution in [0, 0.1) is 0 Å². The maximum absolute atomic E-state index is 2.76. The minimum atomic E-state index is 1.03. The van der Waals surface area contributed by atoms with Crippen LogP contribution in [0.1, 0.15) is 11.1 Å². The number of rotatable bonds is 2. The highest BCUT2D eigenvalue weighted by Crippen LogP contribution is 2.20. The summed E-state index contributed by atoms with van der Waals surface area (Å²) in [6.07, 6.45) is 2.06. The summed E-state index contributed by atoms with van der Waals surface area (Å²) in [6, 6.07) is 13.3. The van der Waals surface area contributed by atoms with Crippen LogP contribution >= 0.6 is 18.5 Å². The first-order chi connectivity index (χ1) is 6.83. The molecule has 0 N–H and O–H groups in total. The summed E-state index contributed by atoms with van der Waals surface area (Å²) in [5.41, 5.74) is 2.75. The Hall–Kier alpha value is -0.440. The van der Waals surface area contributed by atoms with E-state index in [1.807, 2.05) is 0 Å². The standard InChI is InChI=1S/C12H14P2/c13-7-9-1-3-11-6-10(8-14)2-4-12(11)5-9/h1-6H,7-8,13-14H2. The molecule has 72 valence electrons. The lowest BCUT2D eigenvalue weighted by molar-refractivity contribution is 1.42. The molecule has 0 bridgehead atoms. The molecule has 2 aromatic carbocycles. The van der Waals surface area contributed by atoms with E-state index in [-0.39, 0.29) is 0 Å². The molecule has 0 aliphatic rings. The molecule has 0 heterocycles. The molecule has 0 spiro atoms. The molecule has 2 rings (SSSR count). The Morgan fingerprint density at radius 2 is 1.14 bits per heavy atom. The molecule has 0 radical (unpaired) electrons. The van der Waals surface area contributed by atoms with Gasteiger partial charge in [0, 0.05) is 0 Å². The van der Waals surface area contributed by atoms with E-state index in [0.717, 1.165) is 12.3 Å². The van der Waals surface area contributed by atoms with Crippen LogP contribution in [0.25, 0.3) is 10.8 Å². The van der Waals surface area contributed by atoms with Gasteiger partial charge in [0.05, 0.1) is 0 Å². The summed E-state index contributed by atoms with van der Waals surface area (Å²) in [6.45, 7) is 0. The molecular weight excluding hydrogens is 206 g/mol. The molecule has 2 aromatic rings. The Morgan fingerprint density at radius 1 is 0.714 bits per heavy atom. The maximum atomic E-state index is 2.76. The van der Waals surface area contributed by atoms with Gasteiger partial charge in [-0.05, 0) is 34.2 Å². The molecule has 0 aliphatic heterocycles. The molecule has 0 aliphatic carbocycles. The van der Waals surface area contributed by atoms with E-state index in [9.17, 15) is 0 Å². The largest absolute Gasteiger partial charge is 0.133 e. The van der Waals surface area contributed by atoms with Gasteiger partial charge in [0.1, 0.15) is 0 Å². The van der Waals surface area contributed by atoms with Gasteiger partial charge in [0.2, 0.25) is 0 Å². The van der Waals surface area contributed by atoms with Crippen molar-refractivity contribution >= 4 is 29.3 Å². The maximum Gasteiger partial charge on any atom is -0.0128 e. The third-order valence-corrected chi connectivity index (χ3v) is 3.38. The van der Waals surface area contributed by atoms with E-state index in [4.69, 9.17) is 0 Å². The highest BCUT2D eigenvalue weighted by molar-refractivity contribution is 7.15. The van der Waals surface area contributed by atoms with Crippen molar-refractivity contribution in [1.82, 2.24) is 0 Å². The van der Waals surface area contributed by atoms with E-state index < -0.39 is 0 Å². The minimum Gasteiger partial charge on any atom is -0.133 e. The first-order valence-corrected chi connectivity index (χ1v) is 6.38. The molecular formula is C12H14P2. The van der Waals surface area contributed by atoms with Gasteiger partial charge in [-0.15, -0.1) is 18.5 Å². The lowest BCUT2D eigenvalue weighted by Gasteiger charge is -2.03. The average Bonchev–Trinajstić information content (AvgIpc) is 2.27. The number of fused-ring (bicyclic) bond motifs is 1. The molecule has 0 saturated carbocycles. The van der Waals surface area contributed by atoms with Gasteiger partial charge in [0.25, 0.3) is 0 Å². The molecule has 14 heavy (non-hydrogen) atoms. The monoisotopic (exact) mass is 220 g/mol. The van der Waals surface area contributed by atoms with Gasteiger partial charge >= 0.3 is 0 Å². The molecule has 2 unspecified atom stereocenters. The van der Waals surface area contributed by atoms with Crippen LogP contribution in [0.5, 0.6) is 0 Å². The van der Waals surface area contributed by atoms with Crippen molar-refractivity contribution in [1.29, 1.82) is 0 Å². The van der Waals surface area contributed by atoms with Crippen LogP contribution in [-0.4, -0.2) is 0 Å². The SMILES string of the molecule is PCc1ccc2cc(CP)ccc2c1. The summed E-state index contributed by atoms with van der Waals surface area (Å²) in [5, 5.41) is 2.68. The van der Waals surface area contributed by atoms with E-state index in [1.165, 1.54) is 21.9 Å². The minimum absolute atomic E-state index is 1.03. The Balaban J connectivity index is 2.57. The van der Waals surface area contributed by atoms with Crippen LogP contribution in [0.4, 0.5) is 0 Å². The third kappa shape index (κ3) is 1.97. The van der Waals surface area contributed by atoms with Crippen molar-refractivity contribution in [3.8, 4) is 0 Å². The summed E-state index contributed by atoms with van der Waals surface area (Å²) in [4.78, 5) is 0. The Morgan fingerprint density at radius 3 is 1.50 bits per heavy atom. The van der Waals surface area contributed by atoms with E-state index in [0.29, 0.717) is 0 Å². The molecule has 0 nitrogen and oxygen atoms in total. The normalized spacial score (nSPS) is 10.7. The highest BCUT2D eigenvalue weighted by atomic mass is 31.0. The summed E-state index contributed by atoms with van der Waals surface area (Å²) in [7, 11) is 5.52. The fourth-order valence-corrected chi connectivity index (χ4v) is 2.11. The van der Waals surface area contributed by atoms with Crippen molar-refractivity contribution in [2.24, 2.45) is 0 Å². The summed E-state index contributed by atoms with van der Waals surface area (Å²) >= 11 is 0. The zero-order valence-electron chi connectivity index (χ0n) is 8.03. The van der Waals surface area contributed by atoms with Crippen LogP contribution in [-0.2, 0) is 12.3 Å².